The van der Waals surface area contributed by atoms with Crippen LogP contribution in [0.3, 0.4) is 0 Å². The summed E-state index contributed by atoms with van der Waals surface area (Å²) in [5.74, 6) is -0.136. The Kier molecular flexibility index (Phi) is 4.93. The molecule has 0 saturated heterocycles. The van der Waals surface area contributed by atoms with Gasteiger partial charge in [-0.25, -0.2) is 14.8 Å². The summed E-state index contributed by atoms with van der Waals surface area (Å²) in [6, 6.07) is 1.87. The molecule has 110 valence electrons. The van der Waals surface area contributed by atoms with Gasteiger partial charge in [0.15, 0.2) is 0 Å². The van der Waals surface area contributed by atoms with Crippen LogP contribution >= 0.6 is 0 Å². The highest BCUT2D eigenvalue weighted by Gasteiger charge is 2.38. The highest BCUT2D eigenvalue weighted by molar-refractivity contribution is 5.82. The Hall–Kier alpha value is -1.65. The largest absolute Gasteiger partial charge is 0.480 e. The van der Waals surface area contributed by atoms with Gasteiger partial charge in [-0.05, 0) is 19.3 Å². The van der Waals surface area contributed by atoms with Crippen molar-refractivity contribution in [3.63, 3.8) is 0 Å². The van der Waals surface area contributed by atoms with Crippen molar-refractivity contribution in [3.05, 3.63) is 18.1 Å². The van der Waals surface area contributed by atoms with Crippen molar-refractivity contribution in [1.82, 2.24) is 9.97 Å². The Morgan fingerprint density at radius 1 is 1.30 bits per heavy atom. The van der Waals surface area contributed by atoms with Gasteiger partial charge in [0, 0.05) is 11.8 Å². The van der Waals surface area contributed by atoms with Crippen LogP contribution < -0.4 is 5.32 Å². The van der Waals surface area contributed by atoms with Crippen LogP contribution in [-0.2, 0) is 11.2 Å². The van der Waals surface area contributed by atoms with Crippen molar-refractivity contribution in [3.8, 4) is 0 Å². The van der Waals surface area contributed by atoms with Gasteiger partial charge in [0.1, 0.15) is 17.7 Å². The molecule has 0 spiro atoms. The number of aliphatic carboxylic acids is 1. The summed E-state index contributed by atoms with van der Waals surface area (Å²) < 4.78 is 0. The van der Waals surface area contributed by atoms with Crippen LogP contribution in [-0.4, -0.2) is 26.6 Å². The third-order valence-corrected chi connectivity index (χ3v) is 3.96. The van der Waals surface area contributed by atoms with Crippen LogP contribution in [0, 0.1) is 0 Å². The highest BCUT2D eigenvalue weighted by Crippen LogP contribution is 2.30. The second-order valence-electron chi connectivity index (χ2n) is 5.57. The zero-order valence-electron chi connectivity index (χ0n) is 12.1. The maximum Gasteiger partial charge on any atom is 0.329 e. The maximum atomic E-state index is 11.7. The number of carbonyl (C=O) groups is 1. The molecule has 1 fully saturated rings. The van der Waals surface area contributed by atoms with Crippen LogP contribution in [0.2, 0.25) is 0 Å². The Morgan fingerprint density at radius 2 is 2.00 bits per heavy atom. The number of aromatic nitrogens is 2. The summed E-state index contributed by atoms with van der Waals surface area (Å²) >= 11 is 0. The number of aryl methyl sites for hydroxylation is 1. The number of nitrogens with one attached hydrogen (secondary N) is 1. The lowest BCUT2D eigenvalue weighted by Gasteiger charge is -2.29. The fraction of sp³-hybridized carbons (Fsp3) is 0.667. The smallest absolute Gasteiger partial charge is 0.329 e. The first-order chi connectivity index (χ1) is 9.66. The van der Waals surface area contributed by atoms with Crippen molar-refractivity contribution in [2.45, 2.75) is 63.8 Å². The van der Waals surface area contributed by atoms with Crippen LogP contribution in [0.5, 0.6) is 0 Å². The fourth-order valence-electron chi connectivity index (χ4n) is 2.83. The summed E-state index contributed by atoms with van der Waals surface area (Å²) in [4.78, 5) is 20.1. The van der Waals surface area contributed by atoms with E-state index >= 15 is 0 Å². The molecule has 1 saturated carbocycles. The monoisotopic (exact) mass is 277 g/mol. The summed E-state index contributed by atoms with van der Waals surface area (Å²) in [7, 11) is 0. The zero-order chi connectivity index (χ0) is 14.4. The molecule has 1 aliphatic rings. The second-order valence-corrected chi connectivity index (χ2v) is 5.57. The molecular formula is C15H23N3O2. The molecule has 0 amide bonds. The van der Waals surface area contributed by atoms with E-state index in [1.54, 1.807) is 0 Å². The lowest BCUT2D eigenvalue weighted by atomic mass is 9.90. The van der Waals surface area contributed by atoms with Gasteiger partial charge in [-0.3, -0.25) is 0 Å². The molecule has 0 bridgehead atoms. The number of hydrogen-bond acceptors (Lipinski definition) is 4. The fourth-order valence-corrected chi connectivity index (χ4v) is 2.83. The summed E-state index contributed by atoms with van der Waals surface area (Å²) in [5.41, 5.74) is 0.0908. The first kappa shape index (κ1) is 14.8. The average molecular weight is 277 g/mol. The van der Waals surface area contributed by atoms with E-state index in [-0.39, 0.29) is 0 Å². The van der Waals surface area contributed by atoms with E-state index in [1.165, 1.54) is 6.33 Å². The molecule has 20 heavy (non-hydrogen) atoms. The highest BCUT2D eigenvalue weighted by atomic mass is 16.4. The third kappa shape index (κ3) is 3.46. The maximum absolute atomic E-state index is 11.7. The molecule has 0 aliphatic heterocycles. The molecule has 0 aromatic carbocycles. The summed E-state index contributed by atoms with van der Waals surface area (Å²) in [5, 5.41) is 12.8. The number of nitrogens with zero attached hydrogens (tertiary/aromatic N) is 2. The molecule has 1 aliphatic carbocycles. The molecular weight excluding hydrogens is 254 g/mol. The van der Waals surface area contributed by atoms with Gasteiger partial charge in [0.05, 0.1) is 0 Å². The number of hydrogen-bond donors (Lipinski definition) is 2. The molecule has 2 rings (SSSR count). The minimum absolute atomic E-state index is 0.632. The zero-order valence-corrected chi connectivity index (χ0v) is 12.1. The van der Waals surface area contributed by atoms with Crippen molar-refractivity contribution >= 4 is 11.8 Å². The molecule has 0 unspecified atom stereocenters. The number of anilines is 1. The predicted molar refractivity (Wildman–Crippen MR) is 77.7 cm³/mol. The van der Waals surface area contributed by atoms with Crippen LogP contribution in [0.15, 0.2) is 12.4 Å². The number of carboxylic acids is 1. The standard InChI is InChI=1S/C15H23N3O2/c1-2-7-12-10-13(17-11-16-12)18-15(14(19)20)8-5-3-4-6-9-15/h10-11H,2-9H2,1H3,(H,19,20)(H,16,17,18). The van der Waals surface area contributed by atoms with Crippen molar-refractivity contribution in [2.24, 2.45) is 0 Å². The van der Waals surface area contributed by atoms with Crippen LogP contribution in [0.1, 0.15) is 57.6 Å². The lowest BCUT2D eigenvalue weighted by Crippen LogP contribution is -2.46. The normalized spacial score (nSPS) is 18.2. The van der Waals surface area contributed by atoms with Gasteiger partial charge >= 0.3 is 5.97 Å². The van der Waals surface area contributed by atoms with Gasteiger partial charge < -0.3 is 10.4 Å². The second kappa shape index (κ2) is 6.68. The summed E-state index contributed by atoms with van der Waals surface area (Å²) in [6.07, 6.45) is 8.86. The Morgan fingerprint density at radius 3 is 2.60 bits per heavy atom. The van der Waals surface area contributed by atoms with Crippen LogP contribution in [0.4, 0.5) is 5.82 Å². The van der Waals surface area contributed by atoms with Gasteiger partial charge in [-0.15, -0.1) is 0 Å². The Labute approximate surface area is 119 Å². The first-order valence-corrected chi connectivity index (χ1v) is 7.49. The van der Waals surface area contributed by atoms with Crippen molar-refractivity contribution in [1.29, 1.82) is 0 Å². The molecule has 1 heterocycles. The minimum Gasteiger partial charge on any atom is -0.480 e. The quantitative estimate of drug-likeness (QED) is 0.809. The van der Waals surface area contributed by atoms with Crippen LogP contribution in [0.25, 0.3) is 0 Å². The summed E-state index contributed by atoms with van der Waals surface area (Å²) in [6.45, 7) is 2.10. The molecule has 2 N–H and O–H groups in total. The molecule has 0 radical (unpaired) electrons. The van der Waals surface area contributed by atoms with E-state index in [0.29, 0.717) is 18.7 Å². The SMILES string of the molecule is CCCc1cc(NC2(C(=O)O)CCCCCC2)ncn1. The average Bonchev–Trinajstić information content (AvgIpc) is 2.66. The van der Waals surface area contributed by atoms with Gasteiger partial charge in [-0.2, -0.15) is 0 Å². The molecule has 1 aromatic heterocycles. The Balaban J connectivity index is 2.19. The van der Waals surface area contributed by atoms with E-state index in [2.05, 4.69) is 22.2 Å². The Bertz CT molecular complexity index is 454. The molecule has 5 heteroatoms. The van der Waals surface area contributed by atoms with E-state index in [9.17, 15) is 9.90 Å². The topological polar surface area (TPSA) is 75.1 Å². The molecule has 1 aromatic rings. The van der Waals surface area contributed by atoms with E-state index in [4.69, 9.17) is 0 Å². The third-order valence-electron chi connectivity index (χ3n) is 3.96. The molecule has 0 atom stereocenters. The minimum atomic E-state index is -0.867. The first-order valence-electron chi connectivity index (χ1n) is 7.49. The van der Waals surface area contributed by atoms with Crippen molar-refractivity contribution in [2.75, 3.05) is 5.32 Å². The van der Waals surface area contributed by atoms with Crippen molar-refractivity contribution < 1.29 is 9.90 Å². The van der Waals surface area contributed by atoms with Gasteiger partial charge in [0.2, 0.25) is 0 Å². The number of carboxylic acid groups (broad SMARTS) is 1. The van der Waals surface area contributed by atoms with Gasteiger partial charge in [0.25, 0.3) is 0 Å². The van der Waals surface area contributed by atoms with Gasteiger partial charge in [-0.1, -0.05) is 39.0 Å². The number of rotatable bonds is 5. The molecule has 5 nitrogen and oxygen atoms in total. The lowest BCUT2D eigenvalue weighted by molar-refractivity contribution is -0.142. The predicted octanol–water partition coefficient (Wildman–Crippen LogP) is 3.02. The van der Waals surface area contributed by atoms with E-state index in [0.717, 1.165) is 44.2 Å². The van der Waals surface area contributed by atoms with E-state index < -0.39 is 11.5 Å². The van der Waals surface area contributed by atoms with E-state index in [1.807, 2.05) is 6.07 Å².